The SMILES string of the molecule is CCCN(CC(C)[C@H](NC(=O)[C@H](C)NC(=O)[C@H](C)N)C(=O)O)C1(c2cc3ccccc3oc2=O)C(=O)CCC(=O)C1OC. The summed E-state index contributed by atoms with van der Waals surface area (Å²) in [6, 6.07) is 4.87. The van der Waals surface area contributed by atoms with Crippen molar-refractivity contribution in [3.05, 3.63) is 46.3 Å². The average molecular weight is 601 g/mol. The Labute approximate surface area is 249 Å². The summed E-state index contributed by atoms with van der Waals surface area (Å²) in [5.74, 6) is -4.36. The van der Waals surface area contributed by atoms with Crippen LogP contribution < -0.4 is 22.0 Å². The number of carbonyl (C=O) groups excluding carboxylic acids is 4. The fourth-order valence-electron chi connectivity index (χ4n) is 5.64. The van der Waals surface area contributed by atoms with E-state index in [0.717, 1.165) is 0 Å². The third kappa shape index (κ3) is 6.84. The Balaban J connectivity index is 2.10. The summed E-state index contributed by atoms with van der Waals surface area (Å²) in [7, 11) is 1.28. The molecule has 43 heavy (non-hydrogen) atoms. The minimum Gasteiger partial charge on any atom is -0.480 e. The van der Waals surface area contributed by atoms with Crippen LogP contribution in [-0.4, -0.2) is 83.8 Å². The number of benzene rings is 1. The number of aliphatic carboxylic acids is 1. The molecule has 234 valence electrons. The van der Waals surface area contributed by atoms with Crippen molar-refractivity contribution in [2.24, 2.45) is 11.7 Å². The number of nitrogens with two attached hydrogens (primary N) is 1. The standard InChI is InChI=1S/C30H40N4O9/c1-6-13-34(15-16(2)24(28(39)40)33-27(38)18(4)32-26(37)17(3)31)30(23(36)12-11-21(35)25(30)42-5)20-14-19-9-7-8-10-22(19)43-29(20)41/h7-10,14,16-18,24-25H,6,11-13,15,31H2,1-5H3,(H,32,37)(H,33,38)(H,39,40)/t16?,17-,18-,24-,25?,30?/m0/s1. The van der Waals surface area contributed by atoms with Crippen molar-refractivity contribution in [3.63, 3.8) is 0 Å². The van der Waals surface area contributed by atoms with Crippen molar-refractivity contribution in [1.29, 1.82) is 0 Å². The molecular formula is C30H40N4O9. The molecule has 1 saturated carbocycles. The maximum absolute atomic E-state index is 14.1. The number of nitrogens with one attached hydrogen (secondary N) is 2. The number of methoxy groups -OCH3 is 1. The lowest BCUT2D eigenvalue weighted by molar-refractivity contribution is -0.163. The van der Waals surface area contributed by atoms with E-state index in [4.69, 9.17) is 14.9 Å². The van der Waals surface area contributed by atoms with Gasteiger partial charge in [0, 0.05) is 31.9 Å². The lowest BCUT2D eigenvalue weighted by atomic mass is 9.71. The van der Waals surface area contributed by atoms with E-state index in [9.17, 15) is 33.9 Å². The molecule has 1 aromatic carbocycles. The van der Waals surface area contributed by atoms with E-state index in [-0.39, 0.29) is 37.3 Å². The van der Waals surface area contributed by atoms with Crippen molar-refractivity contribution in [2.75, 3.05) is 20.2 Å². The zero-order valence-electron chi connectivity index (χ0n) is 25.0. The largest absolute Gasteiger partial charge is 0.480 e. The van der Waals surface area contributed by atoms with E-state index < -0.39 is 64.9 Å². The van der Waals surface area contributed by atoms with Gasteiger partial charge in [-0.15, -0.1) is 0 Å². The number of hydrogen-bond donors (Lipinski definition) is 4. The molecule has 1 aliphatic carbocycles. The first-order chi connectivity index (χ1) is 20.3. The van der Waals surface area contributed by atoms with Crippen molar-refractivity contribution >= 4 is 40.3 Å². The molecule has 0 spiro atoms. The third-order valence-electron chi connectivity index (χ3n) is 7.78. The molecular weight excluding hydrogens is 560 g/mol. The molecule has 0 saturated heterocycles. The van der Waals surface area contributed by atoms with Gasteiger partial charge in [0.25, 0.3) is 0 Å². The number of fused-ring (bicyclic) bond motifs is 1. The number of ketones is 2. The van der Waals surface area contributed by atoms with Gasteiger partial charge in [-0.1, -0.05) is 32.0 Å². The van der Waals surface area contributed by atoms with Crippen LogP contribution in [0.2, 0.25) is 0 Å². The van der Waals surface area contributed by atoms with Crippen LogP contribution in [-0.2, 0) is 34.2 Å². The zero-order chi connectivity index (χ0) is 32.1. The van der Waals surface area contributed by atoms with E-state index in [1.807, 2.05) is 6.92 Å². The molecule has 6 atom stereocenters. The van der Waals surface area contributed by atoms with Gasteiger partial charge in [0.05, 0.1) is 11.6 Å². The highest BCUT2D eigenvalue weighted by Crippen LogP contribution is 2.41. The number of para-hydroxylation sites is 1. The monoisotopic (exact) mass is 600 g/mol. The third-order valence-corrected chi connectivity index (χ3v) is 7.78. The maximum Gasteiger partial charge on any atom is 0.341 e. The van der Waals surface area contributed by atoms with Crippen LogP contribution >= 0.6 is 0 Å². The molecule has 3 unspecified atom stereocenters. The Morgan fingerprint density at radius 1 is 1.12 bits per heavy atom. The van der Waals surface area contributed by atoms with Crippen LogP contribution in [0.3, 0.4) is 0 Å². The van der Waals surface area contributed by atoms with E-state index in [1.165, 1.54) is 27.0 Å². The highest BCUT2D eigenvalue weighted by Gasteiger charge is 2.58. The van der Waals surface area contributed by atoms with Gasteiger partial charge in [-0.25, -0.2) is 9.59 Å². The molecule has 0 bridgehead atoms. The summed E-state index contributed by atoms with van der Waals surface area (Å²) in [6.07, 6.45) is -1.14. The molecule has 13 nitrogen and oxygen atoms in total. The Bertz CT molecular complexity index is 1440. The molecule has 0 radical (unpaired) electrons. The van der Waals surface area contributed by atoms with E-state index in [2.05, 4.69) is 10.6 Å². The molecule has 1 aromatic heterocycles. The highest BCUT2D eigenvalue weighted by molar-refractivity contribution is 6.04. The number of carboxylic acids is 1. The van der Waals surface area contributed by atoms with Crippen LogP contribution in [0.15, 0.2) is 39.5 Å². The first-order valence-corrected chi connectivity index (χ1v) is 14.3. The van der Waals surface area contributed by atoms with Crippen molar-refractivity contribution < 1.29 is 38.2 Å². The van der Waals surface area contributed by atoms with Crippen molar-refractivity contribution in [1.82, 2.24) is 15.5 Å². The summed E-state index contributed by atoms with van der Waals surface area (Å²) in [5, 5.41) is 15.5. The Morgan fingerprint density at radius 3 is 2.40 bits per heavy atom. The summed E-state index contributed by atoms with van der Waals surface area (Å²) in [4.78, 5) is 79.7. The molecule has 2 aromatic rings. The fourth-order valence-corrected chi connectivity index (χ4v) is 5.64. The first kappa shape index (κ1) is 33.6. The minimum atomic E-state index is -1.91. The van der Waals surface area contributed by atoms with Gasteiger partial charge in [0.15, 0.2) is 11.6 Å². The van der Waals surface area contributed by atoms with Gasteiger partial charge < -0.3 is 30.6 Å². The molecule has 0 aliphatic heterocycles. The molecule has 1 fully saturated rings. The van der Waals surface area contributed by atoms with E-state index in [1.54, 1.807) is 36.1 Å². The molecule has 5 N–H and O–H groups in total. The molecule has 1 aliphatic rings. The van der Waals surface area contributed by atoms with Crippen LogP contribution in [0.5, 0.6) is 0 Å². The van der Waals surface area contributed by atoms with Gasteiger partial charge in [0.2, 0.25) is 11.8 Å². The van der Waals surface area contributed by atoms with Crippen LogP contribution in [0.4, 0.5) is 0 Å². The highest BCUT2D eigenvalue weighted by atomic mass is 16.5. The van der Waals surface area contributed by atoms with E-state index in [0.29, 0.717) is 17.4 Å². The predicted molar refractivity (Wildman–Crippen MR) is 156 cm³/mol. The number of nitrogens with zero attached hydrogens (tertiary/aromatic N) is 1. The van der Waals surface area contributed by atoms with Gasteiger partial charge in [0.1, 0.15) is 29.3 Å². The maximum atomic E-state index is 14.1. The van der Waals surface area contributed by atoms with Gasteiger partial charge >= 0.3 is 11.6 Å². The summed E-state index contributed by atoms with van der Waals surface area (Å²) in [6.45, 7) is 6.30. The lowest BCUT2D eigenvalue weighted by Crippen LogP contribution is -2.67. The number of hydrogen-bond acceptors (Lipinski definition) is 10. The predicted octanol–water partition coefficient (Wildman–Crippen LogP) is 0.705. The quantitative estimate of drug-likeness (QED) is 0.236. The number of Topliss-reactive ketones (excluding diaryl/α,β-unsaturated/α-hetero) is 2. The second kappa shape index (κ2) is 14.0. The number of carboxylic acid groups (broad SMARTS) is 1. The zero-order valence-corrected chi connectivity index (χ0v) is 25.0. The van der Waals surface area contributed by atoms with Crippen LogP contribution in [0.1, 0.15) is 52.5 Å². The Kier molecular flexibility index (Phi) is 10.9. The number of ether oxygens (including phenoxy) is 1. The molecule has 13 heteroatoms. The van der Waals surface area contributed by atoms with Crippen LogP contribution in [0, 0.1) is 5.92 Å². The minimum absolute atomic E-state index is 0.0770. The Morgan fingerprint density at radius 2 is 1.79 bits per heavy atom. The van der Waals surface area contributed by atoms with Gasteiger partial charge in [-0.2, -0.15) is 0 Å². The summed E-state index contributed by atoms with van der Waals surface area (Å²) < 4.78 is 11.2. The van der Waals surface area contributed by atoms with Crippen LogP contribution in [0.25, 0.3) is 11.0 Å². The molecule has 2 amide bonds. The van der Waals surface area contributed by atoms with E-state index >= 15 is 0 Å². The second-order valence-electron chi connectivity index (χ2n) is 11.0. The normalized spacial score (nSPS) is 21.7. The second-order valence-corrected chi connectivity index (χ2v) is 11.0. The fraction of sp³-hybridized carbons (Fsp3) is 0.533. The molecule has 3 rings (SSSR count). The summed E-state index contributed by atoms with van der Waals surface area (Å²) in [5.41, 5.74) is 3.03. The van der Waals surface area contributed by atoms with Gasteiger partial charge in [-0.05, 0) is 44.9 Å². The van der Waals surface area contributed by atoms with Crippen molar-refractivity contribution in [3.8, 4) is 0 Å². The first-order valence-electron chi connectivity index (χ1n) is 14.3. The smallest absolute Gasteiger partial charge is 0.341 e. The van der Waals surface area contributed by atoms with Gasteiger partial charge in [-0.3, -0.25) is 24.1 Å². The number of amides is 2. The topological polar surface area (TPSA) is 198 Å². The average Bonchev–Trinajstić information content (AvgIpc) is 2.95. The lowest BCUT2D eigenvalue weighted by Gasteiger charge is -2.49. The summed E-state index contributed by atoms with van der Waals surface area (Å²) >= 11 is 0. The number of carbonyl (C=O) groups is 5. The van der Waals surface area contributed by atoms with Crippen molar-refractivity contribution in [2.45, 2.75) is 76.7 Å². The molecule has 1 heterocycles. The number of rotatable bonds is 13. The Hall–Kier alpha value is -3.94.